The van der Waals surface area contributed by atoms with Crippen LogP contribution in [0, 0.1) is 29.2 Å². The van der Waals surface area contributed by atoms with Crippen molar-refractivity contribution in [2.45, 2.75) is 64.7 Å². The zero-order chi connectivity index (χ0) is 24.9. The molecule has 0 bridgehead atoms. The van der Waals surface area contributed by atoms with Crippen LogP contribution in [0.15, 0.2) is 48.5 Å². The maximum atomic E-state index is 14.9. The summed E-state index contributed by atoms with van der Waals surface area (Å²) in [5, 5.41) is 0. The van der Waals surface area contributed by atoms with Crippen molar-refractivity contribution >= 4 is 12.2 Å². The van der Waals surface area contributed by atoms with E-state index in [0.717, 1.165) is 31.2 Å². The summed E-state index contributed by atoms with van der Waals surface area (Å²) in [4.78, 5) is 0. The lowest BCUT2D eigenvalue weighted by Gasteiger charge is -2.29. The molecule has 0 radical (unpaired) electrons. The average Bonchev–Trinajstić information content (AvgIpc) is 2.88. The first kappa shape index (κ1) is 25.2. The van der Waals surface area contributed by atoms with Gasteiger partial charge in [-0.2, -0.15) is 0 Å². The van der Waals surface area contributed by atoms with E-state index in [2.05, 4.69) is 6.92 Å². The molecule has 0 atom stereocenters. The lowest BCUT2D eigenvalue weighted by Crippen LogP contribution is -2.15. The maximum absolute atomic E-state index is 14.9. The Balaban J connectivity index is 1.48. The molecular weight excluding hydrogens is 448 g/mol. The Morgan fingerprint density at radius 3 is 2.09 bits per heavy atom. The zero-order valence-electron chi connectivity index (χ0n) is 20.4. The third-order valence-electron chi connectivity index (χ3n) is 7.35. The minimum atomic E-state index is -0.857. The maximum Gasteiger partial charge on any atom is 0.166 e. The van der Waals surface area contributed by atoms with Gasteiger partial charge in [0.25, 0.3) is 0 Å². The topological polar surface area (TPSA) is 0 Å². The second-order valence-electron chi connectivity index (χ2n) is 9.59. The Kier molecular flexibility index (Phi) is 8.10. The third kappa shape index (κ3) is 5.52. The quantitative estimate of drug-likeness (QED) is 0.233. The smallest absolute Gasteiger partial charge is 0.166 e. The van der Waals surface area contributed by atoms with Crippen molar-refractivity contribution in [1.82, 2.24) is 0 Å². The third-order valence-corrected chi connectivity index (χ3v) is 7.35. The van der Waals surface area contributed by atoms with Crippen molar-refractivity contribution in [2.24, 2.45) is 5.92 Å². The molecule has 1 fully saturated rings. The van der Waals surface area contributed by atoms with Crippen LogP contribution in [0.5, 0.6) is 0 Å². The summed E-state index contributed by atoms with van der Waals surface area (Å²) in [5.41, 5.74) is 2.52. The molecule has 4 rings (SSSR count). The van der Waals surface area contributed by atoms with Crippen LogP contribution in [-0.4, -0.2) is 0 Å². The largest absolute Gasteiger partial charge is 0.203 e. The number of benzene rings is 3. The van der Waals surface area contributed by atoms with E-state index >= 15 is 0 Å². The first-order chi connectivity index (χ1) is 16.9. The van der Waals surface area contributed by atoms with E-state index in [0.29, 0.717) is 29.0 Å². The standard InChI is InChI=1S/C31H32F4/c1-3-5-20-6-11-23(12-7-20)27-19-17-25(29(33)31(27)35)15-10-21-8-13-24(14-9-21)26-18-16-22(4-2)28(32)30(26)34/h8-10,13-20,23H,3-7,11-12H2,1-2H3. The van der Waals surface area contributed by atoms with E-state index in [1.807, 2.05) is 0 Å². The molecule has 0 amide bonds. The molecule has 0 nitrogen and oxygen atoms in total. The minimum absolute atomic E-state index is 0.0832. The van der Waals surface area contributed by atoms with E-state index in [-0.39, 0.29) is 17.0 Å². The number of hydrogen-bond donors (Lipinski definition) is 0. The van der Waals surface area contributed by atoms with Crippen LogP contribution in [0.25, 0.3) is 23.3 Å². The molecule has 0 aliphatic heterocycles. The molecule has 0 spiro atoms. The Hall–Kier alpha value is -2.88. The Morgan fingerprint density at radius 2 is 1.43 bits per heavy atom. The monoisotopic (exact) mass is 480 g/mol. The Morgan fingerprint density at radius 1 is 0.714 bits per heavy atom. The van der Waals surface area contributed by atoms with Crippen LogP contribution < -0.4 is 0 Å². The lowest BCUT2D eigenvalue weighted by atomic mass is 9.77. The molecule has 1 aliphatic rings. The molecule has 1 aliphatic carbocycles. The van der Waals surface area contributed by atoms with Crippen LogP contribution in [-0.2, 0) is 6.42 Å². The van der Waals surface area contributed by atoms with Crippen molar-refractivity contribution < 1.29 is 17.6 Å². The normalized spacial score (nSPS) is 18.3. The fraction of sp³-hybridized carbons (Fsp3) is 0.355. The van der Waals surface area contributed by atoms with Crippen LogP contribution in [0.3, 0.4) is 0 Å². The predicted octanol–water partition coefficient (Wildman–Crippen LogP) is 9.72. The summed E-state index contributed by atoms with van der Waals surface area (Å²) >= 11 is 0. The van der Waals surface area contributed by atoms with Crippen molar-refractivity contribution in [3.05, 3.63) is 94.1 Å². The van der Waals surface area contributed by atoms with Gasteiger partial charge in [-0.25, -0.2) is 17.6 Å². The van der Waals surface area contributed by atoms with Gasteiger partial charge in [0, 0.05) is 11.1 Å². The minimum Gasteiger partial charge on any atom is -0.203 e. The molecule has 184 valence electrons. The SMILES string of the molecule is CCCC1CCC(c2ccc(C=Cc3ccc(-c4ccc(CC)c(F)c4F)cc3)c(F)c2F)CC1. The molecule has 0 heterocycles. The summed E-state index contributed by atoms with van der Waals surface area (Å²) in [6.45, 7) is 3.97. The molecule has 1 saturated carbocycles. The molecule has 0 saturated heterocycles. The average molecular weight is 481 g/mol. The van der Waals surface area contributed by atoms with Gasteiger partial charge in [-0.1, -0.05) is 87.4 Å². The highest BCUT2D eigenvalue weighted by atomic mass is 19.2. The highest BCUT2D eigenvalue weighted by Crippen LogP contribution is 2.39. The summed E-state index contributed by atoms with van der Waals surface area (Å²) in [5.74, 6) is -2.44. The van der Waals surface area contributed by atoms with Crippen LogP contribution >= 0.6 is 0 Å². The molecule has 3 aromatic carbocycles. The highest BCUT2D eigenvalue weighted by molar-refractivity contribution is 5.72. The molecule has 4 heteroatoms. The van der Waals surface area contributed by atoms with E-state index in [1.165, 1.54) is 12.8 Å². The van der Waals surface area contributed by atoms with Gasteiger partial charge in [0.05, 0.1) is 0 Å². The van der Waals surface area contributed by atoms with Gasteiger partial charge >= 0.3 is 0 Å². The van der Waals surface area contributed by atoms with E-state index in [4.69, 9.17) is 0 Å². The summed E-state index contributed by atoms with van der Waals surface area (Å²) in [6, 6.07) is 13.4. The van der Waals surface area contributed by atoms with Gasteiger partial charge < -0.3 is 0 Å². The van der Waals surface area contributed by atoms with Gasteiger partial charge in [0.15, 0.2) is 23.3 Å². The van der Waals surface area contributed by atoms with E-state index in [9.17, 15) is 17.6 Å². The molecule has 35 heavy (non-hydrogen) atoms. The summed E-state index contributed by atoms with van der Waals surface area (Å²) < 4.78 is 58.3. The van der Waals surface area contributed by atoms with Gasteiger partial charge in [-0.05, 0) is 66.2 Å². The molecule has 0 N–H and O–H groups in total. The second-order valence-corrected chi connectivity index (χ2v) is 9.59. The van der Waals surface area contributed by atoms with E-state index < -0.39 is 23.3 Å². The number of hydrogen-bond acceptors (Lipinski definition) is 0. The van der Waals surface area contributed by atoms with Crippen molar-refractivity contribution in [1.29, 1.82) is 0 Å². The fourth-order valence-electron chi connectivity index (χ4n) is 5.24. The van der Waals surface area contributed by atoms with Crippen LogP contribution in [0.1, 0.15) is 80.5 Å². The van der Waals surface area contributed by atoms with Gasteiger partial charge in [-0.3, -0.25) is 0 Å². The highest BCUT2D eigenvalue weighted by Gasteiger charge is 2.25. The number of halogens is 4. The van der Waals surface area contributed by atoms with Gasteiger partial charge in [0.1, 0.15) is 0 Å². The summed E-state index contributed by atoms with van der Waals surface area (Å²) in [7, 11) is 0. The zero-order valence-corrected chi connectivity index (χ0v) is 20.4. The van der Waals surface area contributed by atoms with Crippen molar-refractivity contribution in [3.63, 3.8) is 0 Å². The lowest BCUT2D eigenvalue weighted by molar-refractivity contribution is 0.303. The number of aryl methyl sites for hydroxylation is 1. The van der Waals surface area contributed by atoms with Crippen LogP contribution in [0.4, 0.5) is 17.6 Å². The second kappa shape index (κ2) is 11.2. The predicted molar refractivity (Wildman–Crippen MR) is 136 cm³/mol. The summed E-state index contributed by atoms with van der Waals surface area (Å²) in [6.07, 6.45) is 10.0. The molecular formula is C31H32F4. The van der Waals surface area contributed by atoms with Crippen molar-refractivity contribution in [2.75, 3.05) is 0 Å². The molecule has 0 unspecified atom stereocenters. The Bertz CT molecular complexity index is 1190. The molecule has 3 aromatic rings. The number of rotatable bonds is 7. The van der Waals surface area contributed by atoms with Crippen molar-refractivity contribution in [3.8, 4) is 11.1 Å². The fourth-order valence-corrected chi connectivity index (χ4v) is 5.24. The van der Waals surface area contributed by atoms with Gasteiger partial charge in [0.2, 0.25) is 0 Å². The Labute approximate surface area is 205 Å². The van der Waals surface area contributed by atoms with E-state index in [1.54, 1.807) is 67.6 Å². The van der Waals surface area contributed by atoms with Crippen LogP contribution in [0.2, 0.25) is 0 Å². The first-order valence-electron chi connectivity index (χ1n) is 12.7. The molecule has 0 aromatic heterocycles. The first-order valence-corrected chi connectivity index (χ1v) is 12.7. The van der Waals surface area contributed by atoms with Gasteiger partial charge in [-0.15, -0.1) is 0 Å².